The monoisotopic (exact) mass is 548 g/mol. The average molecular weight is 549 g/mol. The zero-order chi connectivity index (χ0) is 27.3. The van der Waals surface area contributed by atoms with Crippen LogP contribution in [0.15, 0.2) is 84.5 Å². The van der Waals surface area contributed by atoms with E-state index >= 15 is 0 Å². The molecular weight excluding hydrogens is 516 g/mol. The van der Waals surface area contributed by atoms with E-state index in [0.717, 1.165) is 64.8 Å². The number of thiazole rings is 1. The van der Waals surface area contributed by atoms with E-state index in [4.69, 9.17) is 4.98 Å². The molecule has 0 unspecified atom stereocenters. The van der Waals surface area contributed by atoms with Gasteiger partial charge in [-0.25, -0.2) is 9.97 Å². The van der Waals surface area contributed by atoms with Gasteiger partial charge in [0.05, 0.1) is 21.4 Å². The minimum atomic E-state index is -0.208. The molecule has 1 aliphatic rings. The van der Waals surface area contributed by atoms with Crippen LogP contribution in [-0.2, 0) is 11.2 Å². The maximum atomic E-state index is 13.4. The number of benzene rings is 3. The highest BCUT2D eigenvalue weighted by molar-refractivity contribution is 7.16. The van der Waals surface area contributed by atoms with Gasteiger partial charge in [-0.05, 0) is 85.5 Å². The molecule has 0 radical (unpaired) electrons. The average Bonchev–Trinajstić information content (AvgIpc) is 3.50. The van der Waals surface area contributed by atoms with Crippen molar-refractivity contribution in [1.82, 2.24) is 14.5 Å². The number of carbonyl (C=O) groups excluding carboxylic acids is 2. The number of para-hydroxylation sites is 1. The van der Waals surface area contributed by atoms with Crippen LogP contribution < -0.4 is 5.32 Å². The number of nitrogens with zero attached hydrogens (tertiary/aromatic N) is 3. The highest BCUT2D eigenvalue weighted by Crippen LogP contribution is 2.33. The number of anilines is 1. The van der Waals surface area contributed by atoms with E-state index in [2.05, 4.69) is 28.5 Å². The molecule has 0 spiro atoms. The fourth-order valence-electron chi connectivity index (χ4n) is 5.03. The third-order valence-corrected chi connectivity index (χ3v) is 8.22. The third-order valence-electron chi connectivity index (χ3n) is 7.41. The Morgan fingerprint density at radius 3 is 2.62 bits per heavy atom. The minimum absolute atomic E-state index is 0.208. The Morgan fingerprint density at radius 1 is 0.925 bits per heavy atom. The summed E-state index contributed by atoms with van der Waals surface area (Å²) in [6, 6.07) is 23.7. The lowest BCUT2D eigenvalue weighted by Crippen LogP contribution is -2.15. The second kappa shape index (κ2) is 12.0. The van der Waals surface area contributed by atoms with Gasteiger partial charge in [0.25, 0.3) is 5.91 Å². The second-order valence-corrected chi connectivity index (χ2v) is 11.5. The summed E-state index contributed by atoms with van der Waals surface area (Å²) in [6.45, 7) is 0. The number of Topliss-reactive ketones (excluding diaryl/α,β-unsaturated/α-hetero) is 1. The quantitative estimate of drug-likeness (QED) is 0.161. The summed E-state index contributed by atoms with van der Waals surface area (Å²) in [6.07, 6.45) is 9.60. The molecule has 1 aliphatic carbocycles. The molecule has 1 saturated carbocycles. The fourth-order valence-corrected chi connectivity index (χ4v) is 5.68. The van der Waals surface area contributed by atoms with Gasteiger partial charge in [-0.3, -0.25) is 19.5 Å². The fraction of sp³-hybridized carbons (Fsp3) is 0.273. The molecule has 2 aromatic heterocycles. The third kappa shape index (κ3) is 6.37. The van der Waals surface area contributed by atoms with E-state index < -0.39 is 0 Å². The molecule has 0 aliphatic heterocycles. The lowest BCUT2D eigenvalue weighted by atomic mass is 10.0. The van der Waals surface area contributed by atoms with Crippen molar-refractivity contribution in [3.05, 3.63) is 95.8 Å². The van der Waals surface area contributed by atoms with E-state index in [1.165, 1.54) is 12.8 Å². The maximum Gasteiger partial charge on any atom is 0.258 e. The minimum Gasteiger partial charge on any atom is -0.300 e. The molecule has 1 N–H and O–H groups in total. The van der Waals surface area contributed by atoms with Crippen LogP contribution in [0.25, 0.3) is 27.0 Å². The highest BCUT2D eigenvalue weighted by atomic mass is 32.1. The van der Waals surface area contributed by atoms with E-state index in [1.54, 1.807) is 11.3 Å². The van der Waals surface area contributed by atoms with Gasteiger partial charge in [0, 0.05) is 30.3 Å². The van der Waals surface area contributed by atoms with Crippen molar-refractivity contribution >= 4 is 39.2 Å². The molecular formula is C33H32N4O2S. The van der Waals surface area contributed by atoms with Crippen LogP contribution in [0, 0.1) is 5.92 Å². The van der Waals surface area contributed by atoms with Gasteiger partial charge in [-0.2, -0.15) is 0 Å². The highest BCUT2D eigenvalue weighted by Gasteiger charge is 2.23. The number of fused-ring (bicyclic) bond motifs is 1. The van der Waals surface area contributed by atoms with Crippen molar-refractivity contribution in [2.75, 3.05) is 5.32 Å². The number of aromatic nitrogens is 3. The Bertz CT molecular complexity index is 1630. The molecule has 5 aromatic rings. The first-order valence-electron chi connectivity index (χ1n) is 14.0. The Hall–Kier alpha value is -4.10. The van der Waals surface area contributed by atoms with E-state index in [9.17, 15) is 9.59 Å². The summed E-state index contributed by atoms with van der Waals surface area (Å²) in [5, 5.41) is 3.05. The van der Waals surface area contributed by atoms with Gasteiger partial charge in [0.1, 0.15) is 5.78 Å². The van der Waals surface area contributed by atoms with Crippen molar-refractivity contribution < 1.29 is 9.59 Å². The topological polar surface area (TPSA) is 76.9 Å². The van der Waals surface area contributed by atoms with Gasteiger partial charge in [0.15, 0.2) is 0 Å². The lowest BCUT2D eigenvalue weighted by molar-refractivity contribution is -0.119. The zero-order valence-corrected chi connectivity index (χ0v) is 23.2. The van der Waals surface area contributed by atoms with Crippen LogP contribution in [0.2, 0.25) is 0 Å². The Labute approximate surface area is 238 Å². The molecule has 202 valence electrons. The number of rotatable bonds is 12. The van der Waals surface area contributed by atoms with Crippen molar-refractivity contribution in [2.24, 2.45) is 5.92 Å². The normalized spacial score (nSPS) is 13.0. The Morgan fingerprint density at radius 2 is 1.77 bits per heavy atom. The van der Waals surface area contributed by atoms with Crippen LogP contribution in [0.1, 0.15) is 61.0 Å². The van der Waals surface area contributed by atoms with E-state index in [0.29, 0.717) is 29.6 Å². The smallest absolute Gasteiger partial charge is 0.258 e. The standard InChI is InChI=1S/C33H32N4O2S/c38-29(18-23-14-15-23)13-6-1-3-10-27-21-37(28-11-4-2-5-12-28)33(35-27)36-32(39)26-9-7-8-24(19-26)25-16-17-31-30(20-25)34-22-40-31/h2,4-5,7-9,11-12,16-17,19-23H,1,3,6,10,13-15,18H2,(H,35,36,39). The molecule has 3 aromatic carbocycles. The van der Waals surface area contributed by atoms with E-state index in [1.807, 2.05) is 70.9 Å². The summed E-state index contributed by atoms with van der Waals surface area (Å²) in [5.41, 5.74) is 7.22. The van der Waals surface area contributed by atoms with Gasteiger partial charge in [0.2, 0.25) is 5.95 Å². The number of aryl methyl sites for hydroxylation is 1. The largest absolute Gasteiger partial charge is 0.300 e. The zero-order valence-electron chi connectivity index (χ0n) is 22.4. The summed E-state index contributed by atoms with van der Waals surface area (Å²) in [4.78, 5) is 34.7. The number of unbranched alkanes of at least 4 members (excludes halogenated alkanes) is 2. The number of nitrogens with one attached hydrogen (secondary N) is 1. The Kier molecular flexibility index (Phi) is 7.82. The predicted molar refractivity (Wildman–Crippen MR) is 161 cm³/mol. The lowest BCUT2D eigenvalue weighted by Gasteiger charge is -2.10. The molecule has 1 fully saturated rings. The molecule has 6 nitrogen and oxygen atoms in total. The molecule has 0 atom stereocenters. The maximum absolute atomic E-state index is 13.4. The van der Waals surface area contributed by atoms with Gasteiger partial charge in [-0.1, -0.05) is 42.8 Å². The van der Waals surface area contributed by atoms with Crippen molar-refractivity contribution in [2.45, 2.75) is 51.4 Å². The molecule has 0 bridgehead atoms. The molecule has 6 rings (SSSR count). The molecule has 0 saturated heterocycles. The van der Waals surface area contributed by atoms with Crippen LogP contribution in [0.3, 0.4) is 0 Å². The van der Waals surface area contributed by atoms with Crippen molar-refractivity contribution in [3.8, 4) is 16.8 Å². The summed E-state index contributed by atoms with van der Waals surface area (Å²) >= 11 is 1.62. The van der Waals surface area contributed by atoms with Crippen LogP contribution in [0.4, 0.5) is 5.95 Å². The van der Waals surface area contributed by atoms with Crippen LogP contribution >= 0.6 is 11.3 Å². The predicted octanol–water partition coefficient (Wildman–Crippen LogP) is 7.87. The molecule has 40 heavy (non-hydrogen) atoms. The first kappa shape index (κ1) is 26.1. The number of hydrogen-bond donors (Lipinski definition) is 1. The SMILES string of the molecule is O=C(CCCCCc1cn(-c2ccccc2)c(NC(=O)c2cccc(-c3ccc4scnc4c3)c2)n1)CC1CC1. The number of imidazole rings is 1. The van der Waals surface area contributed by atoms with Crippen LogP contribution in [-0.4, -0.2) is 26.2 Å². The molecule has 2 heterocycles. The summed E-state index contributed by atoms with van der Waals surface area (Å²) in [5.74, 6) is 1.37. The Balaban J connectivity index is 1.14. The van der Waals surface area contributed by atoms with Crippen LogP contribution in [0.5, 0.6) is 0 Å². The van der Waals surface area contributed by atoms with Gasteiger partial charge < -0.3 is 0 Å². The van der Waals surface area contributed by atoms with Crippen molar-refractivity contribution in [3.63, 3.8) is 0 Å². The number of ketones is 1. The number of hydrogen-bond acceptors (Lipinski definition) is 5. The number of carbonyl (C=O) groups is 2. The van der Waals surface area contributed by atoms with E-state index in [-0.39, 0.29) is 5.91 Å². The molecule has 1 amide bonds. The van der Waals surface area contributed by atoms with Gasteiger partial charge >= 0.3 is 0 Å². The van der Waals surface area contributed by atoms with Crippen molar-refractivity contribution in [1.29, 1.82) is 0 Å². The summed E-state index contributed by atoms with van der Waals surface area (Å²) in [7, 11) is 0. The second-order valence-electron chi connectivity index (χ2n) is 10.6. The van der Waals surface area contributed by atoms with Gasteiger partial charge in [-0.15, -0.1) is 11.3 Å². The number of amides is 1. The molecule has 7 heteroatoms. The summed E-state index contributed by atoms with van der Waals surface area (Å²) < 4.78 is 3.08. The first-order chi connectivity index (χ1) is 19.6. The first-order valence-corrected chi connectivity index (χ1v) is 14.9.